The number of carbonyl (C=O) groups is 1. The number of nitriles is 1. The SMILES string of the molecule is CC1(C)Oc2ccc(C#N)cc2C(N2CCCC2=O)=C1Br. The molecule has 1 saturated heterocycles. The highest BCUT2D eigenvalue weighted by atomic mass is 79.9. The molecule has 2 heterocycles. The first-order chi connectivity index (χ1) is 9.94. The lowest BCUT2D eigenvalue weighted by molar-refractivity contribution is -0.124. The average molecular weight is 347 g/mol. The molecule has 0 radical (unpaired) electrons. The maximum absolute atomic E-state index is 12.2. The van der Waals surface area contributed by atoms with Crippen molar-refractivity contribution < 1.29 is 9.53 Å². The number of fused-ring (bicyclic) bond motifs is 1. The lowest BCUT2D eigenvalue weighted by atomic mass is 9.97. The van der Waals surface area contributed by atoms with E-state index in [2.05, 4.69) is 22.0 Å². The highest BCUT2D eigenvalue weighted by Gasteiger charge is 2.38. The van der Waals surface area contributed by atoms with Crippen molar-refractivity contribution >= 4 is 27.5 Å². The third-order valence-corrected chi connectivity index (χ3v) is 5.14. The van der Waals surface area contributed by atoms with Gasteiger partial charge in [0, 0.05) is 18.5 Å². The van der Waals surface area contributed by atoms with Gasteiger partial charge < -0.3 is 9.64 Å². The molecule has 1 aromatic carbocycles. The summed E-state index contributed by atoms with van der Waals surface area (Å²) >= 11 is 3.61. The second kappa shape index (κ2) is 4.88. The number of ether oxygens (including phenoxy) is 1. The fraction of sp³-hybridized carbons (Fsp3) is 0.375. The van der Waals surface area contributed by atoms with E-state index in [4.69, 9.17) is 10.00 Å². The number of likely N-dealkylation sites (tertiary alicyclic amines) is 1. The number of benzene rings is 1. The number of nitrogens with zero attached hydrogens (tertiary/aromatic N) is 2. The Morgan fingerprint density at radius 1 is 1.43 bits per heavy atom. The smallest absolute Gasteiger partial charge is 0.227 e. The van der Waals surface area contributed by atoms with Crippen molar-refractivity contribution in [1.29, 1.82) is 5.26 Å². The first kappa shape index (κ1) is 14.2. The number of hydrogen-bond acceptors (Lipinski definition) is 3. The first-order valence-corrected chi connectivity index (χ1v) is 7.67. The Morgan fingerprint density at radius 2 is 2.19 bits per heavy atom. The third-order valence-electron chi connectivity index (χ3n) is 3.81. The van der Waals surface area contributed by atoms with Crippen LogP contribution in [0.15, 0.2) is 22.7 Å². The van der Waals surface area contributed by atoms with E-state index in [9.17, 15) is 4.79 Å². The standard InChI is InChI=1S/C16H15BrN2O2/c1-16(2)15(17)14(19-7-3-4-13(19)20)11-8-10(9-18)5-6-12(11)21-16/h5-6,8H,3-4,7H2,1-2H3. The van der Waals surface area contributed by atoms with Crippen molar-refractivity contribution in [1.82, 2.24) is 4.90 Å². The van der Waals surface area contributed by atoms with E-state index < -0.39 is 5.60 Å². The Kier molecular flexibility index (Phi) is 3.29. The minimum Gasteiger partial charge on any atom is -0.482 e. The lowest BCUT2D eigenvalue weighted by Gasteiger charge is -2.37. The molecule has 4 nitrogen and oxygen atoms in total. The molecule has 0 N–H and O–H groups in total. The summed E-state index contributed by atoms with van der Waals surface area (Å²) in [6.07, 6.45) is 1.43. The summed E-state index contributed by atoms with van der Waals surface area (Å²) in [5.41, 5.74) is 1.65. The van der Waals surface area contributed by atoms with E-state index in [1.807, 2.05) is 13.8 Å². The molecule has 21 heavy (non-hydrogen) atoms. The number of rotatable bonds is 1. The molecule has 0 aromatic heterocycles. The fourth-order valence-electron chi connectivity index (χ4n) is 2.75. The Labute approximate surface area is 132 Å². The van der Waals surface area contributed by atoms with E-state index in [1.165, 1.54) is 0 Å². The van der Waals surface area contributed by atoms with Gasteiger partial charge in [0.1, 0.15) is 11.4 Å². The highest BCUT2D eigenvalue weighted by Crippen LogP contribution is 2.46. The molecule has 2 aliphatic rings. The van der Waals surface area contributed by atoms with Gasteiger partial charge in [-0.15, -0.1) is 0 Å². The normalized spacial score (nSPS) is 20.1. The molecular weight excluding hydrogens is 332 g/mol. The molecule has 3 rings (SSSR count). The third kappa shape index (κ3) is 2.24. The molecule has 0 saturated carbocycles. The van der Waals surface area contributed by atoms with E-state index >= 15 is 0 Å². The molecule has 2 aliphatic heterocycles. The van der Waals surface area contributed by atoms with Gasteiger partial charge in [0.2, 0.25) is 5.91 Å². The van der Waals surface area contributed by atoms with Crippen molar-refractivity contribution in [3.63, 3.8) is 0 Å². The van der Waals surface area contributed by atoms with Crippen LogP contribution in [0.1, 0.15) is 37.8 Å². The van der Waals surface area contributed by atoms with Crippen LogP contribution < -0.4 is 4.74 Å². The Morgan fingerprint density at radius 3 is 2.81 bits per heavy atom. The van der Waals surface area contributed by atoms with Gasteiger partial charge >= 0.3 is 0 Å². The van der Waals surface area contributed by atoms with Gasteiger partial charge in [-0.1, -0.05) is 0 Å². The molecule has 108 valence electrons. The molecular formula is C16H15BrN2O2. The predicted octanol–water partition coefficient (Wildman–Crippen LogP) is 3.42. The van der Waals surface area contributed by atoms with Gasteiger partial charge in [0.25, 0.3) is 0 Å². The van der Waals surface area contributed by atoms with Gasteiger partial charge in [0.05, 0.1) is 21.8 Å². The summed E-state index contributed by atoms with van der Waals surface area (Å²) in [6, 6.07) is 7.46. The van der Waals surface area contributed by atoms with Gasteiger partial charge in [-0.05, 0) is 54.4 Å². The number of carbonyl (C=O) groups excluding carboxylic acids is 1. The van der Waals surface area contributed by atoms with Crippen molar-refractivity contribution in [2.24, 2.45) is 0 Å². The van der Waals surface area contributed by atoms with Crippen LogP contribution in [-0.2, 0) is 4.79 Å². The van der Waals surface area contributed by atoms with Crippen LogP contribution in [0.25, 0.3) is 5.70 Å². The van der Waals surface area contributed by atoms with Gasteiger partial charge in [0.15, 0.2) is 0 Å². The van der Waals surface area contributed by atoms with Crippen LogP contribution in [0.4, 0.5) is 0 Å². The zero-order valence-electron chi connectivity index (χ0n) is 11.9. The van der Waals surface area contributed by atoms with Crippen molar-refractivity contribution in [3.05, 3.63) is 33.8 Å². The van der Waals surface area contributed by atoms with E-state index in [0.717, 1.165) is 22.2 Å². The number of hydrogen-bond donors (Lipinski definition) is 0. The average Bonchev–Trinajstić information content (AvgIpc) is 2.86. The molecule has 0 bridgehead atoms. The van der Waals surface area contributed by atoms with Crippen LogP contribution in [0.3, 0.4) is 0 Å². The van der Waals surface area contributed by atoms with Crippen LogP contribution in [-0.4, -0.2) is 23.0 Å². The van der Waals surface area contributed by atoms with Crippen LogP contribution in [0.2, 0.25) is 0 Å². The second-order valence-electron chi connectivity index (χ2n) is 5.75. The quantitative estimate of drug-likeness (QED) is 0.782. The Bertz CT molecular complexity index is 701. The first-order valence-electron chi connectivity index (χ1n) is 6.88. The van der Waals surface area contributed by atoms with E-state index in [-0.39, 0.29) is 5.91 Å². The Hall–Kier alpha value is -1.80. The van der Waals surface area contributed by atoms with Gasteiger partial charge in [-0.25, -0.2) is 0 Å². The minimum absolute atomic E-state index is 0.118. The summed E-state index contributed by atoms with van der Waals surface area (Å²) in [5, 5.41) is 9.11. The van der Waals surface area contributed by atoms with Crippen molar-refractivity contribution in [3.8, 4) is 11.8 Å². The van der Waals surface area contributed by atoms with Crippen molar-refractivity contribution in [2.45, 2.75) is 32.3 Å². The van der Waals surface area contributed by atoms with Crippen molar-refractivity contribution in [2.75, 3.05) is 6.54 Å². The number of halogens is 1. The Balaban J connectivity index is 2.22. The maximum Gasteiger partial charge on any atom is 0.227 e. The fourth-order valence-corrected chi connectivity index (χ4v) is 3.25. The summed E-state index contributed by atoms with van der Waals surface area (Å²) < 4.78 is 6.84. The highest BCUT2D eigenvalue weighted by molar-refractivity contribution is 9.12. The second-order valence-corrected chi connectivity index (χ2v) is 6.54. The van der Waals surface area contributed by atoms with Crippen LogP contribution in [0, 0.1) is 11.3 Å². The molecule has 1 fully saturated rings. The molecule has 0 atom stereocenters. The van der Waals surface area contributed by atoms with Crippen LogP contribution >= 0.6 is 15.9 Å². The summed E-state index contributed by atoms with van der Waals surface area (Å²) in [5.74, 6) is 0.824. The molecule has 0 aliphatic carbocycles. The van der Waals surface area contributed by atoms with Crippen LogP contribution in [0.5, 0.6) is 5.75 Å². The molecule has 0 unspecified atom stereocenters. The summed E-state index contributed by atoms with van der Waals surface area (Å²) in [7, 11) is 0. The molecule has 5 heteroatoms. The summed E-state index contributed by atoms with van der Waals surface area (Å²) in [6.45, 7) is 4.62. The number of amides is 1. The zero-order valence-corrected chi connectivity index (χ0v) is 13.5. The lowest BCUT2D eigenvalue weighted by Crippen LogP contribution is -2.37. The molecule has 1 amide bonds. The van der Waals surface area contributed by atoms with Gasteiger partial charge in [-0.2, -0.15) is 5.26 Å². The van der Waals surface area contributed by atoms with E-state index in [0.29, 0.717) is 24.3 Å². The summed E-state index contributed by atoms with van der Waals surface area (Å²) in [4.78, 5) is 14.0. The molecule has 0 spiro atoms. The predicted molar refractivity (Wildman–Crippen MR) is 82.7 cm³/mol. The monoisotopic (exact) mass is 346 g/mol. The maximum atomic E-state index is 12.2. The zero-order chi connectivity index (χ0) is 15.2. The molecule has 1 aromatic rings. The van der Waals surface area contributed by atoms with Gasteiger partial charge in [-0.3, -0.25) is 4.79 Å². The topological polar surface area (TPSA) is 53.3 Å². The minimum atomic E-state index is -0.542. The van der Waals surface area contributed by atoms with E-state index in [1.54, 1.807) is 23.1 Å². The largest absolute Gasteiger partial charge is 0.482 e.